The van der Waals surface area contributed by atoms with Crippen molar-refractivity contribution in [2.45, 2.75) is 41.8 Å². The summed E-state index contributed by atoms with van der Waals surface area (Å²) in [6.45, 7) is 1.35. The van der Waals surface area contributed by atoms with Crippen LogP contribution >= 0.6 is 11.8 Å². The molecule has 0 saturated carbocycles. The normalized spacial score (nSPS) is 19.3. The minimum absolute atomic E-state index is 0.0470. The van der Waals surface area contributed by atoms with Crippen LogP contribution in [0.1, 0.15) is 35.7 Å². The summed E-state index contributed by atoms with van der Waals surface area (Å²) in [6, 6.07) is 10.0. The third-order valence-corrected chi connectivity index (χ3v) is 7.64. The van der Waals surface area contributed by atoms with Crippen LogP contribution in [0.5, 0.6) is 0 Å². The van der Waals surface area contributed by atoms with Crippen LogP contribution in [0, 0.1) is 11.2 Å². The van der Waals surface area contributed by atoms with Gasteiger partial charge in [0.05, 0.1) is 17.7 Å². The number of hydrogen-bond donors (Lipinski definition) is 3. The van der Waals surface area contributed by atoms with Crippen molar-refractivity contribution in [1.29, 1.82) is 0 Å². The Bertz CT molecular complexity index is 1150. The number of piperidine rings is 1. The van der Waals surface area contributed by atoms with E-state index < -0.39 is 5.82 Å². The van der Waals surface area contributed by atoms with Crippen LogP contribution in [0.25, 0.3) is 0 Å². The van der Waals surface area contributed by atoms with E-state index in [1.165, 1.54) is 23.4 Å². The fourth-order valence-electron chi connectivity index (χ4n) is 4.92. The van der Waals surface area contributed by atoms with Crippen molar-refractivity contribution in [3.63, 3.8) is 0 Å². The molecule has 2 aromatic heterocycles. The van der Waals surface area contributed by atoms with E-state index in [0.717, 1.165) is 44.1 Å². The zero-order valence-electron chi connectivity index (χ0n) is 17.5. The number of hydrogen-bond acceptors (Lipinski definition) is 8. The number of fused-ring (bicyclic) bond motifs is 1. The maximum atomic E-state index is 14.2. The van der Waals surface area contributed by atoms with Gasteiger partial charge in [-0.2, -0.15) is 0 Å². The van der Waals surface area contributed by atoms with Gasteiger partial charge in [-0.25, -0.2) is 19.3 Å². The molecule has 5 N–H and O–H groups in total. The zero-order valence-corrected chi connectivity index (χ0v) is 18.4. The molecule has 3 aromatic rings. The number of aromatic nitrogens is 3. The first kappa shape index (κ1) is 21.1. The molecular formula is C23H25FN6OS. The lowest BCUT2D eigenvalue weighted by Crippen LogP contribution is -2.45. The number of benzene rings is 1. The molecule has 1 aromatic carbocycles. The van der Waals surface area contributed by atoms with Gasteiger partial charge in [-0.1, -0.05) is 36.0 Å². The lowest BCUT2D eigenvalue weighted by molar-refractivity contribution is 0.186. The minimum Gasteiger partial charge on any atom is -0.390 e. The van der Waals surface area contributed by atoms with E-state index >= 15 is 0 Å². The highest BCUT2D eigenvalue weighted by molar-refractivity contribution is 7.99. The molecule has 9 heteroatoms. The summed E-state index contributed by atoms with van der Waals surface area (Å²) in [4.78, 5) is 15.3. The number of nitrogens with two attached hydrogens (primary N) is 2. The van der Waals surface area contributed by atoms with E-state index in [2.05, 4.69) is 44.1 Å². The quantitative estimate of drug-likeness (QED) is 0.553. The Labute approximate surface area is 190 Å². The number of pyridine rings is 1. The summed E-state index contributed by atoms with van der Waals surface area (Å²) in [6.07, 6.45) is 5.97. The molecule has 32 heavy (non-hydrogen) atoms. The Hall–Kier alpha value is -2.75. The Balaban J connectivity index is 1.32. The highest BCUT2D eigenvalue weighted by atomic mass is 32.2. The monoisotopic (exact) mass is 452 g/mol. The second-order valence-electron chi connectivity index (χ2n) is 8.45. The number of nitrogen functional groups attached to an aromatic ring is 1. The van der Waals surface area contributed by atoms with Crippen LogP contribution < -0.4 is 16.4 Å². The molecule has 1 fully saturated rings. The third kappa shape index (κ3) is 3.60. The maximum Gasteiger partial charge on any atom is 0.179 e. The SMILES string of the molecule is Nc1nccc(Sc2cnc(N3CCC4(CC3)Cc3ccccc3[C@H]4N)c(CO)n2)c1F. The van der Waals surface area contributed by atoms with Gasteiger partial charge in [0.1, 0.15) is 10.7 Å². The molecule has 166 valence electrons. The lowest BCUT2D eigenvalue weighted by atomic mass is 9.73. The first-order valence-corrected chi connectivity index (χ1v) is 11.5. The van der Waals surface area contributed by atoms with E-state index in [1.807, 2.05) is 0 Å². The molecule has 1 atom stereocenters. The average Bonchev–Trinajstić information content (AvgIpc) is 3.09. The van der Waals surface area contributed by atoms with Gasteiger partial charge >= 0.3 is 0 Å². The Kier molecular flexibility index (Phi) is 5.48. The second kappa shape index (κ2) is 8.31. The molecule has 5 rings (SSSR count). The van der Waals surface area contributed by atoms with Crippen LogP contribution in [0.15, 0.2) is 52.6 Å². The van der Waals surface area contributed by atoms with E-state index in [-0.39, 0.29) is 23.9 Å². The van der Waals surface area contributed by atoms with Crippen LogP contribution in [0.4, 0.5) is 16.0 Å². The molecule has 1 aliphatic carbocycles. The first-order valence-electron chi connectivity index (χ1n) is 10.6. The van der Waals surface area contributed by atoms with Gasteiger partial charge in [0, 0.05) is 25.3 Å². The van der Waals surface area contributed by atoms with Gasteiger partial charge in [0.2, 0.25) is 0 Å². The van der Waals surface area contributed by atoms with Crippen molar-refractivity contribution in [1.82, 2.24) is 15.0 Å². The smallest absolute Gasteiger partial charge is 0.179 e. The van der Waals surface area contributed by atoms with Crippen LogP contribution in [-0.2, 0) is 13.0 Å². The molecule has 7 nitrogen and oxygen atoms in total. The van der Waals surface area contributed by atoms with Gasteiger partial charge in [0.15, 0.2) is 17.5 Å². The lowest BCUT2D eigenvalue weighted by Gasteiger charge is -2.42. The highest BCUT2D eigenvalue weighted by Crippen LogP contribution is 2.51. The molecule has 2 aliphatic rings. The molecule has 1 saturated heterocycles. The van der Waals surface area contributed by atoms with Crippen LogP contribution in [0.3, 0.4) is 0 Å². The summed E-state index contributed by atoms with van der Waals surface area (Å²) >= 11 is 1.11. The molecule has 0 bridgehead atoms. The highest BCUT2D eigenvalue weighted by Gasteiger charge is 2.46. The van der Waals surface area contributed by atoms with E-state index in [0.29, 0.717) is 21.4 Å². The number of nitrogens with zero attached hydrogens (tertiary/aromatic N) is 4. The predicted molar refractivity (Wildman–Crippen MR) is 122 cm³/mol. The van der Waals surface area contributed by atoms with Crippen molar-refractivity contribution < 1.29 is 9.50 Å². The number of anilines is 2. The standard InChI is InChI=1S/C23H25FN6OS/c24-19-17(5-8-27-21(19)26)32-18-12-28-22(16(13-31)29-18)30-9-6-23(7-10-30)11-14-3-1-2-4-15(14)20(23)25/h1-5,8,12,20,31H,6-7,9-11,13,25H2,(H2,26,27)/t20-/m1/s1. The van der Waals surface area contributed by atoms with Gasteiger partial charge in [-0.15, -0.1) is 0 Å². The number of aliphatic hydroxyl groups is 1. The number of aliphatic hydroxyl groups excluding tert-OH is 1. The fourth-order valence-corrected chi connectivity index (χ4v) is 5.73. The molecule has 1 spiro atoms. The van der Waals surface area contributed by atoms with Crippen molar-refractivity contribution in [2.24, 2.45) is 11.1 Å². The zero-order chi connectivity index (χ0) is 22.3. The van der Waals surface area contributed by atoms with Gasteiger partial charge < -0.3 is 21.5 Å². The topological polar surface area (TPSA) is 114 Å². The molecular weight excluding hydrogens is 427 g/mol. The third-order valence-electron chi connectivity index (χ3n) is 6.70. The summed E-state index contributed by atoms with van der Waals surface area (Å²) in [5.74, 6) is -0.0638. The Morgan fingerprint density at radius 2 is 1.97 bits per heavy atom. The predicted octanol–water partition coefficient (Wildman–Crippen LogP) is 3.08. The molecule has 0 unspecified atom stereocenters. The average molecular weight is 453 g/mol. The Morgan fingerprint density at radius 1 is 1.19 bits per heavy atom. The fraction of sp³-hybridized carbons (Fsp3) is 0.348. The molecule has 0 radical (unpaired) electrons. The first-order chi connectivity index (χ1) is 15.5. The second-order valence-corrected chi connectivity index (χ2v) is 9.51. The van der Waals surface area contributed by atoms with E-state index in [1.54, 1.807) is 6.20 Å². The van der Waals surface area contributed by atoms with Gasteiger partial charge in [-0.05, 0) is 41.9 Å². The van der Waals surface area contributed by atoms with Crippen LogP contribution in [-0.4, -0.2) is 33.1 Å². The maximum absolute atomic E-state index is 14.2. The summed E-state index contributed by atoms with van der Waals surface area (Å²) < 4.78 is 14.2. The molecule has 0 amide bonds. The summed E-state index contributed by atoms with van der Waals surface area (Å²) in [7, 11) is 0. The molecule has 3 heterocycles. The minimum atomic E-state index is -0.579. The Morgan fingerprint density at radius 3 is 2.72 bits per heavy atom. The molecule has 1 aliphatic heterocycles. The largest absolute Gasteiger partial charge is 0.390 e. The van der Waals surface area contributed by atoms with E-state index in [4.69, 9.17) is 11.5 Å². The van der Waals surface area contributed by atoms with Crippen molar-refractivity contribution >= 4 is 23.4 Å². The van der Waals surface area contributed by atoms with Crippen LogP contribution in [0.2, 0.25) is 0 Å². The van der Waals surface area contributed by atoms with Gasteiger partial charge in [0.25, 0.3) is 0 Å². The van der Waals surface area contributed by atoms with E-state index in [9.17, 15) is 9.50 Å². The summed E-state index contributed by atoms with van der Waals surface area (Å²) in [5, 5.41) is 10.4. The van der Waals surface area contributed by atoms with Crippen molar-refractivity contribution in [3.8, 4) is 0 Å². The van der Waals surface area contributed by atoms with Crippen molar-refractivity contribution in [3.05, 3.63) is 65.4 Å². The number of rotatable bonds is 4. The summed E-state index contributed by atoms with van der Waals surface area (Å²) in [5.41, 5.74) is 15.4. The van der Waals surface area contributed by atoms with Gasteiger partial charge in [-0.3, -0.25) is 0 Å². The van der Waals surface area contributed by atoms with Crippen molar-refractivity contribution in [2.75, 3.05) is 23.7 Å². The number of halogens is 1.